The smallest absolute Gasteiger partial charge is 0.273 e. The average molecular weight is 396 g/mol. The predicted molar refractivity (Wildman–Crippen MR) is 109 cm³/mol. The summed E-state index contributed by atoms with van der Waals surface area (Å²) in [5.41, 5.74) is 2.63. The molecular formula is C22H29N5O2. The number of aromatic nitrogens is 3. The van der Waals surface area contributed by atoms with Crippen molar-refractivity contribution in [2.24, 2.45) is 0 Å². The first-order valence-electron chi connectivity index (χ1n) is 10.6. The largest absolute Gasteiger partial charge is 0.348 e. The molecule has 1 aromatic heterocycles. The predicted octanol–water partition coefficient (Wildman–Crippen LogP) is 2.49. The van der Waals surface area contributed by atoms with Gasteiger partial charge in [-0.2, -0.15) is 0 Å². The van der Waals surface area contributed by atoms with Gasteiger partial charge in [0.1, 0.15) is 0 Å². The summed E-state index contributed by atoms with van der Waals surface area (Å²) in [5.74, 6) is 0.0542. The molecule has 2 fully saturated rings. The zero-order chi connectivity index (χ0) is 20.2. The van der Waals surface area contributed by atoms with E-state index >= 15 is 0 Å². The Morgan fingerprint density at radius 2 is 2.00 bits per heavy atom. The van der Waals surface area contributed by atoms with Crippen molar-refractivity contribution in [3.8, 4) is 0 Å². The van der Waals surface area contributed by atoms with Crippen molar-refractivity contribution in [3.05, 3.63) is 47.3 Å². The average Bonchev–Trinajstić information content (AvgIpc) is 3.41. The van der Waals surface area contributed by atoms with Crippen LogP contribution in [0.15, 0.2) is 30.5 Å². The second-order valence-electron chi connectivity index (χ2n) is 8.24. The Hall–Kier alpha value is -2.70. The van der Waals surface area contributed by atoms with E-state index in [1.165, 1.54) is 0 Å². The van der Waals surface area contributed by atoms with Crippen molar-refractivity contribution in [2.75, 3.05) is 6.54 Å². The van der Waals surface area contributed by atoms with E-state index in [4.69, 9.17) is 0 Å². The summed E-state index contributed by atoms with van der Waals surface area (Å²) in [6.45, 7) is 3.53. The van der Waals surface area contributed by atoms with Crippen LogP contribution < -0.4 is 5.32 Å². The summed E-state index contributed by atoms with van der Waals surface area (Å²) < 4.78 is 1.72. The third kappa shape index (κ3) is 5.02. The van der Waals surface area contributed by atoms with E-state index in [0.29, 0.717) is 24.7 Å². The van der Waals surface area contributed by atoms with Crippen molar-refractivity contribution < 1.29 is 9.59 Å². The van der Waals surface area contributed by atoms with Crippen LogP contribution in [-0.4, -0.2) is 50.3 Å². The van der Waals surface area contributed by atoms with Crippen LogP contribution in [0.25, 0.3) is 0 Å². The third-order valence-electron chi connectivity index (χ3n) is 5.93. The molecule has 0 unspecified atom stereocenters. The maximum Gasteiger partial charge on any atom is 0.273 e. The number of hydrogen-bond acceptors (Lipinski definition) is 4. The molecule has 2 aromatic rings. The van der Waals surface area contributed by atoms with Crippen molar-refractivity contribution in [2.45, 2.75) is 70.5 Å². The van der Waals surface area contributed by atoms with Gasteiger partial charge in [0.25, 0.3) is 5.91 Å². The minimum absolute atomic E-state index is 0.147. The highest BCUT2D eigenvalue weighted by Crippen LogP contribution is 2.22. The molecule has 2 heterocycles. The zero-order valence-corrected chi connectivity index (χ0v) is 17.0. The van der Waals surface area contributed by atoms with Crippen LogP contribution in [0.5, 0.6) is 0 Å². The van der Waals surface area contributed by atoms with Gasteiger partial charge < -0.3 is 10.2 Å². The van der Waals surface area contributed by atoms with Gasteiger partial charge in [-0.1, -0.05) is 29.5 Å². The molecule has 0 spiro atoms. The summed E-state index contributed by atoms with van der Waals surface area (Å²) >= 11 is 0. The highest BCUT2D eigenvalue weighted by Gasteiger charge is 2.27. The van der Waals surface area contributed by atoms with Crippen molar-refractivity contribution in [1.29, 1.82) is 0 Å². The Kier molecular flexibility index (Phi) is 5.92. The van der Waals surface area contributed by atoms with Gasteiger partial charge in [-0.3, -0.25) is 14.3 Å². The van der Waals surface area contributed by atoms with Gasteiger partial charge in [0, 0.05) is 25.2 Å². The quantitative estimate of drug-likeness (QED) is 0.781. The highest BCUT2D eigenvalue weighted by molar-refractivity contribution is 5.92. The standard InChI is InChI=1S/C22H29N5O2/c1-16-6-2-3-7-17(16)14-21(28)27-12-5-4-8-19(27)11-13-26-15-20(24-25-26)22(29)23-18-9-10-18/h2-3,6-7,15,18-19H,4-5,8-14H2,1H3,(H,23,29)/t19-/m1/s1. The maximum absolute atomic E-state index is 13.0. The number of aryl methyl sites for hydroxylation is 2. The summed E-state index contributed by atoms with van der Waals surface area (Å²) in [7, 11) is 0. The molecule has 4 rings (SSSR count). The molecule has 0 bridgehead atoms. The molecule has 7 heteroatoms. The fourth-order valence-corrected chi connectivity index (χ4v) is 3.98. The lowest BCUT2D eigenvalue weighted by Gasteiger charge is -2.36. The van der Waals surface area contributed by atoms with Crippen LogP contribution in [0.4, 0.5) is 0 Å². The van der Waals surface area contributed by atoms with Gasteiger partial charge >= 0.3 is 0 Å². The molecule has 0 radical (unpaired) electrons. The Bertz CT molecular complexity index is 874. The maximum atomic E-state index is 13.0. The molecule has 7 nitrogen and oxygen atoms in total. The van der Waals surface area contributed by atoms with Crippen LogP contribution in [0, 0.1) is 6.92 Å². The number of hydrogen-bond donors (Lipinski definition) is 1. The van der Waals surface area contributed by atoms with Crippen LogP contribution >= 0.6 is 0 Å². The van der Waals surface area contributed by atoms with Gasteiger partial charge in [-0.05, 0) is 56.6 Å². The molecule has 2 amide bonds. The number of amides is 2. The second-order valence-corrected chi connectivity index (χ2v) is 8.24. The van der Waals surface area contributed by atoms with Crippen molar-refractivity contribution >= 4 is 11.8 Å². The van der Waals surface area contributed by atoms with Crippen molar-refractivity contribution in [1.82, 2.24) is 25.2 Å². The van der Waals surface area contributed by atoms with Crippen LogP contribution in [0.1, 0.15) is 60.1 Å². The summed E-state index contributed by atoms with van der Waals surface area (Å²) in [4.78, 5) is 27.1. The van der Waals surface area contributed by atoms with Gasteiger partial charge in [0.15, 0.2) is 5.69 Å². The number of piperidine rings is 1. The van der Waals surface area contributed by atoms with Crippen LogP contribution in [0.2, 0.25) is 0 Å². The molecule has 1 aliphatic carbocycles. The van der Waals surface area contributed by atoms with E-state index < -0.39 is 0 Å². The number of benzene rings is 1. The lowest BCUT2D eigenvalue weighted by Crippen LogP contribution is -2.45. The molecule has 2 aliphatic rings. The van der Waals surface area contributed by atoms with Gasteiger partial charge in [0.05, 0.1) is 12.6 Å². The number of carbonyl (C=O) groups excluding carboxylic acids is 2. The number of nitrogens with one attached hydrogen (secondary N) is 1. The summed E-state index contributed by atoms with van der Waals surface area (Å²) in [6.07, 6.45) is 8.31. The molecule has 1 aromatic carbocycles. The first-order valence-corrected chi connectivity index (χ1v) is 10.6. The first kappa shape index (κ1) is 19.6. The Morgan fingerprint density at radius 1 is 1.17 bits per heavy atom. The molecular weight excluding hydrogens is 366 g/mol. The number of nitrogens with zero attached hydrogens (tertiary/aromatic N) is 4. The van der Waals surface area contributed by atoms with E-state index in [1.54, 1.807) is 10.9 Å². The third-order valence-corrected chi connectivity index (χ3v) is 5.93. The number of rotatable bonds is 7. The Morgan fingerprint density at radius 3 is 2.79 bits per heavy atom. The molecule has 154 valence electrons. The molecule has 1 saturated carbocycles. The van der Waals surface area contributed by atoms with Crippen LogP contribution in [0.3, 0.4) is 0 Å². The lowest BCUT2D eigenvalue weighted by molar-refractivity contribution is -0.134. The molecule has 1 N–H and O–H groups in total. The van der Waals surface area contributed by atoms with Crippen LogP contribution in [-0.2, 0) is 17.8 Å². The minimum atomic E-state index is -0.147. The van der Waals surface area contributed by atoms with E-state index in [0.717, 1.165) is 56.2 Å². The number of likely N-dealkylation sites (tertiary alicyclic amines) is 1. The molecule has 1 saturated heterocycles. The van der Waals surface area contributed by atoms with E-state index in [9.17, 15) is 9.59 Å². The molecule has 29 heavy (non-hydrogen) atoms. The molecule has 1 aliphatic heterocycles. The normalized spacial score (nSPS) is 19.2. The summed E-state index contributed by atoms with van der Waals surface area (Å²) in [5, 5.41) is 11.0. The van der Waals surface area contributed by atoms with E-state index in [1.807, 2.05) is 23.1 Å². The van der Waals surface area contributed by atoms with E-state index in [2.05, 4.69) is 28.6 Å². The summed E-state index contributed by atoms with van der Waals surface area (Å²) in [6, 6.07) is 8.61. The van der Waals surface area contributed by atoms with Gasteiger partial charge in [-0.25, -0.2) is 0 Å². The Labute approximate surface area is 171 Å². The topological polar surface area (TPSA) is 80.1 Å². The monoisotopic (exact) mass is 395 g/mol. The van der Waals surface area contributed by atoms with Crippen molar-refractivity contribution in [3.63, 3.8) is 0 Å². The molecule has 1 atom stereocenters. The Balaban J connectivity index is 1.34. The second kappa shape index (κ2) is 8.76. The van der Waals surface area contributed by atoms with Gasteiger partial charge in [-0.15, -0.1) is 5.10 Å². The fourth-order valence-electron chi connectivity index (χ4n) is 3.98. The fraction of sp³-hybridized carbons (Fsp3) is 0.545. The van der Waals surface area contributed by atoms with E-state index in [-0.39, 0.29) is 17.9 Å². The lowest BCUT2D eigenvalue weighted by atomic mass is 9.97. The first-order chi connectivity index (χ1) is 14.1. The minimum Gasteiger partial charge on any atom is -0.348 e. The van der Waals surface area contributed by atoms with Gasteiger partial charge in [0.2, 0.25) is 5.91 Å². The zero-order valence-electron chi connectivity index (χ0n) is 17.0. The highest BCUT2D eigenvalue weighted by atomic mass is 16.2. The SMILES string of the molecule is Cc1ccccc1CC(=O)N1CCCC[C@@H]1CCn1cc(C(=O)NC2CC2)nn1. The number of carbonyl (C=O) groups is 2.